The van der Waals surface area contributed by atoms with E-state index in [1.165, 1.54) is 10.9 Å². The van der Waals surface area contributed by atoms with Crippen molar-refractivity contribution in [3.05, 3.63) is 36.0 Å². The maximum Gasteiger partial charge on any atom is 0.191 e. The molecule has 0 aliphatic rings. The van der Waals surface area contributed by atoms with Gasteiger partial charge in [0.25, 0.3) is 0 Å². The van der Waals surface area contributed by atoms with Crippen LogP contribution in [-0.2, 0) is 16.0 Å². The van der Waals surface area contributed by atoms with Gasteiger partial charge in [0.05, 0.1) is 6.61 Å². The predicted octanol–water partition coefficient (Wildman–Crippen LogP) is 2.16. The molecular weight excluding hydrogens is 213 g/mol. The SMILES string of the molecule is OPOOCCc1ccc2[nH]ccc2c1. The Morgan fingerprint density at radius 3 is 3.13 bits per heavy atom. The smallest absolute Gasteiger partial charge is 0.191 e. The number of hydrogen-bond donors (Lipinski definition) is 2. The van der Waals surface area contributed by atoms with Crippen LogP contribution >= 0.6 is 9.03 Å². The number of nitrogens with one attached hydrogen (secondary N) is 1. The molecule has 2 aromatic rings. The standard InChI is InChI=1S/C10H12NO3P/c12-15-14-13-6-4-8-1-2-10-9(7-8)3-5-11-10/h1-3,5,7,11-12,15H,4,6H2. The number of aromatic nitrogens is 1. The van der Waals surface area contributed by atoms with E-state index in [9.17, 15) is 0 Å². The van der Waals surface area contributed by atoms with Crippen molar-refractivity contribution >= 4 is 19.9 Å². The highest BCUT2D eigenvalue weighted by Gasteiger charge is 1.97. The van der Waals surface area contributed by atoms with Gasteiger partial charge < -0.3 is 9.88 Å². The van der Waals surface area contributed by atoms with Crippen LogP contribution in [0, 0.1) is 0 Å². The molecular formula is C10H12NO3P. The summed E-state index contributed by atoms with van der Waals surface area (Å²) in [5.41, 5.74) is 2.32. The summed E-state index contributed by atoms with van der Waals surface area (Å²) in [6.07, 6.45) is 2.69. The third-order valence-corrected chi connectivity index (χ3v) is 2.38. The molecule has 2 N–H and O–H groups in total. The van der Waals surface area contributed by atoms with Crippen LogP contribution in [0.5, 0.6) is 0 Å². The van der Waals surface area contributed by atoms with Crippen LogP contribution in [-0.4, -0.2) is 16.5 Å². The molecule has 0 bridgehead atoms. The van der Waals surface area contributed by atoms with E-state index in [0.29, 0.717) is 6.61 Å². The molecule has 2 rings (SSSR count). The number of aromatic amines is 1. The number of hydrogen-bond acceptors (Lipinski definition) is 3. The van der Waals surface area contributed by atoms with Crippen molar-refractivity contribution in [3.8, 4) is 0 Å². The van der Waals surface area contributed by atoms with Gasteiger partial charge in [-0.2, -0.15) is 4.67 Å². The summed E-state index contributed by atoms with van der Waals surface area (Å²) in [5.74, 6) is 0. The van der Waals surface area contributed by atoms with Gasteiger partial charge in [0.2, 0.25) is 0 Å². The predicted molar refractivity (Wildman–Crippen MR) is 59.6 cm³/mol. The van der Waals surface area contributed by atoms with Crippen LogP contribution in [0.15, 0.2) is 30.5 Å². The Morgan fingerprint density at radius 1 is 1.33 bits per heavy atom. The molecule has 0 saturated carbocycles. The highest BCUT2D eigenvalue weighted by molar-refractivity contribution is 7.24. The van der Waals surface area contributed by atoms with E-state index in [0.717, 1.165) is 11.9 Å². The molecule has 0 radical (unpaired) electrons. The largest absolute Gasteiger partial charge is 0.361 e. The van der Waals surface area contributed by atoms with E-state index in [1.54, 1.807) is 0 Å². The average molecular weight is 225 g/mol. The van der Waals surface area contributed by atoms with Crippen molar-refractivity contribution in [1.82, 2.24) is 4.98 Å². The molecule has 0 amide bonds. The zero-order valence-corrected chi connectivity index (χ0v) is 9.06. The Hall–Kier alpha value is -0.930. The fourth-order valence-electron chi connectivity index (χ4n) is 1.49. The van der Waals surface area contributed by atoms with Crippen LogP contribution in [0.4, 0.5) is 0 Å². The topological polar surface area (TPSA) is 54.5 Å². The fraction of sp³-hybridized carbons (Fsp3) is 0.200. The summed E-state index contributed by atoms with van der Waals surface area (Å²) in [6, 6.07) is 8.23. The lowest BCUT2D eigenvalue weighted by molar-refractivity contribution is -0.200. The number of benzene rings is 1. The van der Waals surface area contributed by atoms with Gasteiger partial charge in [0.1, 0.15) is 0 Å². The van der Waals surface area contributed by atoms with E-state index in [4.69, 9.17) is 9.78 Å². The van der Waals surface area contributed by atoms with E-state index in [1.807, 2.05) is 24.4 Å². The molecule has 1 unspecified atom stereocenters. The summed E-state index contributed by atoms with van der Waals surface area (Å²) < 4.78 is 4.40. The van der Waals surface area contributed by atoms with Gasteiger partial charge in [-0.1, -0.05) is 6.07 Å². The van der Waals surface area contributed by atoms with Gasteiger partial charge in [0, 0.05) is 11.7 Å². The average Bonchev–Trinajstić information content (AvgIpc) is 2.71. The first-order valence-electron chi connectivity index (χ1n) is 4.64. The van der Waals surface area contributed by atoms with E-state index >= 15 is 0 Å². The molecule has 5 heteroatoms. The van der Waals surface area contributed by atoms with Crippen LogP contribution in [0.25, 0.3) is 10.9 Å². The Morgan fingerprint density at radius 2 is 2.27 bits per heavy atom. The first-order chi connectivity index (χ1) is 7.40. The maximum absolute atomic E-state index is 8.35. The molecule has 0 fully saturated rings. The Balaban J connectivity index is 1.96. The summed E-state index contributed by atoms with van der Waals surface area (Å²) in [6.45, 7) is 0.448. The van der Waals surface area contributed by atoms with Gasteiger partial charge in [-0.3, -0.25) is 0 Å². The monoisotopic (exact) mass is 225 g/mol. The van der Waals surface area contributed by atoms with Crippen LogP contribution in [0.2, 0.25) is 0 Å². The first-order valence-corrected chi connectivity index (χ1v) is 5.49. The van der Waals surface area contributed by atoms with Gasteiger partial charge in [-0.05, 0) is 35.6 Å². The summed E-state index contributed by atoms with van der Waals surface area (Å²) in [5, 5.41) is 1.19. The molecule has 0 aliphatic carbocycles. The molecule has 4 nitrogen and oxygen atoms in total. The molecule has 1 aromatic carbocycles. The second-order valence-electron chi connectivity index (χ2n) is 3.15. The summed E-state index contributed by atoms with van der Waals surface area (Å²) >= 11 is 0. The highest BCUT2D eigenvalue weighted by atomic mass is 31.1. The second-order valence-corrected chi connectivity index (χ2v) is 3.50. The fourth-order valence-corrected chi connectivity index (χ4v) is 1.62. The highest BCUT2D eigenvalue weighted by Crippen LogP contribution is 2.15. The zero-order chi connectivity index (χ0) is 10.5. The normalized spacial score (nSPS) is 11.8. The van der Waals surface area contributed by atoms with Gasteiger partial charge >= 0.3 is 0 Å². The molecule has 1 atom stereocenters. The lowest BCUT2D eigenvalue weighted by Crippen LogP contribution is -1.95. The minimum Gasteiger partial charge on any atom is -0.361 e. The van der Waals surface area contributed by atoms with Crippen LogP contribution in [0.3, 0.4) is 0 Å². The van der Waals surface area contributed by atoms with Crippen molar-refractivity contribution in [2.24, 2.45) is 0 Å². The molecule has 15 heavy (non-hydrogen) atoms. The maximum atomic E-state index is 8.35. The number of H-pyrrole nitrogens is 1. The minimum atomic E-state index is -0.612. The Bertz CT molecular complexity index is 429. The van der Waals surface area contributed by atoms with Gasteiger partial charge in [0.15, 0.2) is 9.03 Å². The van der Waals surface area contributed by atoms with E-state index in [-0.39, 0.29) is 0 Å². The van der Waals surface area contributed by atoms with Crippen molar-refractivity contribution in [2.75, 3.05) is 6.61 Å². The van der Waals surface area contributed by atoms with Crippen molar-refractivity contribution < 1.29 is 14.5 Å². The summed E-state index contributed by atoms with van der Waals surface area (Å²) in [7, 11) is -0.612. The zero-order valence-electron chi connectivity index (χ0n) is 8.06. The minimum absolute atomic E-state index is 0.448. The Labute approximate surface area is 89.1 Å². The number of fused-ring (bicyclic) bond motifs is 1. The van der Waals surface area contributed by atoms with E-state index in [2.05, 4.69) is 15.7 Å². The molecule has 80 valence electrons. The molecule has 1 heterocycles. The summed E-state index contributed by atoms with van der Waals surface area (Å²) in [4.78, 5) is 16.2. The lowest BCUT2D eigenvalue weighted by Gasteiger charge is -2.01. The third-order valence-electron chi connectivity index (χ3n) is 2.19. The van der Waals surface area contributed by atoms with Crippen LogP contribution < -0.4 is 0 Å². The molecule has 0 saturated heterocycles. The van der Waals surface area contributed by atoms with Crippen molar-refractivity contribution in [1.29, 1.82) is 0 Å². The first kappa shape index (κ1) is 10.6. The number of rotatable bonds is 5. The van der Waals surface area contributed by atoms with Crippen molar-refractivity contribution in [2.45, 2.75) is 6.42 Å². The van der Waals surface area contributed by atoms with Gasteiger partial charge in [-0.25, -0.2) is 4.89 Å². The third kappa shape index (κ3) is 2.76. The molecule has 1 aromatic heterocycles. The van der Waals surface area contributed by atoms with Gasteiger partial charge in [-0.15, -0.1) is 0 Å². The van der Waals surface area contributed by atoms with Crippen LogP contribution in [0.1, 0.15) is 5.56 Å². The Kier molecular flexibility index (Phi) is 3.69. The quantitative estimate of drug-likeness (QED) is 0.355. The lowest BCUT2D eigenvalue weighted by atomic mass is 10.1. The second kappa shape index (κ2) is 5.24. The van der Waals surface area contributed by atoms with E-state index < -0.39 is 9.03 Å². The molecule has 0 spiro atoms. The molecule has 0 aliphatic heterocycles. The van der Waals surface area contributed by atoms with Crippen molar-refractivity contribution in [3.63, 3.8) is 0 Å².